The molecule has 0 N–H and O–H groups in total. The minimum atomic E-state index is 0.897. The molecule has 0 unspecified atom stereocenters. The van der Waals surface area contributed by atoms with Crippen LogP contribution in [0.3, 0.4) is 0 Å². The van der Waals surface area contributed by atoms with Crippen LogP contribution in [0, 0.1) is 0 Å². The highest BCUT2D eigenvalue weighted by molar-refractivity contribution is 6.15. The average molecular weight is 780 g/mol. The maximum atomic E-state index is 6.62. The number of anilines is 3. The second-order valence-corrected chi connectivity index (χ2v) is 15.6. The van der Waals surface area contributed by atoms with E-state index in [2.05, 4.69) is 211 Å². The van der Waals surface area contributed by atoms with E-state index in [1.165, 1.54) is 27.5 Å². The Morgan fingerprint density at radius 2 is 0.787 bits per heavy atom. The van der Waals surface area contributed by atoms with Gasteiger partial charge in [-0.2, -0.15) is 0 Å². The molecule has 0 amide bonds. The summed E-state index contributed by atoms with van der Waals surface area (Å²) in [5, 5.41) is 6.89. The number of para-hydroxylation sites is 3. The number of nitrogens with zero attached hydrogens (tertiary/aromatic N) is 1. The lowest BCUT2D eigenvalue weighted by atomic mass is 9.89. The lowest BCUT2D eigenvalue weighted by Gasteiger charge is -2.26. The molecule has 3 heteroatoms. The van der Waals surface area contributed by atoms with Gasteiger partial charge in [-0.3, -0.25) is 0 Å². The first kappa shape index (κ1) is 34.9. The minimum absolute atomic E-state index is 0.897. The van der Waals surface area contributed by atoms with Crippen molar-refractivity contribution < 1.29 is 8.83 Å². The van der Waals surface area contributed by atoms with Crippen LogP contribution in [0.25, 0.3) is 99.2 Å². The van der Waals surface area contributed by atoms with Gasteiger partial charge in [0.1, 0.15) is 22.3 Å². The zero-order valence-corrected chi connectivity index (χ0v) is 33.1. The molecule has 12 rings (SSSR count). The van der Waals surface area contributed by atoms with Gasteiger partial charge in [0.2, 0.25) is 0 Å². The van der Waals surface area contributed by atoms with Gasteiger partial charge < -0.3 is 13.7 Å². The monoisotopic (exact) mass is 779 g/mol. The Kier molecular flexibility index (Phi) is 8.17. The van der Waals surface area contributed by atoms with Crippen LogP contribution in [0.1, 0.15) is 0 Å². The SMILES string of the molecule is c1ccc(-c2ccc(N(c3ccc(-c4ccc5oc6ccccc6c5c4)cc3)c3ccc(-c4ccc5ccccc5c4-c4cccc5c4oc4ccccc45)cc3)cc2)cc1. The molecule has 12 aromatic rings. The summed E-state index contributed by atoms with van der Waals surface area (Å²) < 4.78 is 12.8. The Morgan fingerprint density at radius 1 is 0.279 bits per heavy atom. The molecule has 286 valence electrons. The van der Waals surface area contributed by atoms with Crippen LogP contribution in [0.2, 0.25) is 0 Å². The lowest BCUT2D eigenvalue weighted by molar-refractivity contribution is 0.669. The Hall–Kier alpha value is -8.14. The fraction of sp³-hybridized carbons (Fsp3) is 0. The van der Waals surface area contributed by atoms with E-state index in [0.29, 0.717) is 0 Å². The van der Waals surface area contributed by atoms with Crippen molar-refractivity contribution in [2.45, 2.75) is 0 Å². The summed E-state index contributed by atoms with van der Waals surface area (Å²) in [6.07, 6.45) is 0. The molecule has 10 aromatic carbocycles. The molecule has 2 heterocycles. The maximum Gasteiger partial charge on any atom is 0.143 e. The molecule has 0 radical (unpaired) electrons. The molecule has 0 aliphatic rings. The average Bonchev–Trinajstić information content (AvgIpc) is 3.91. The van der Waals surface area contributed by atoms with Gasteiger partial charge in [0.05, 0.1) is 0 Å². The molecule has 0 saturated carbocycles. The number of benzene rings is 10. The van der Waals surface area contributed by atoms with Crippen molar-refractivity contribution in [2.24, 2.45) is 0 Å². The summed E-state index contributed by atoms with van der Waals surface area (Å²) in [6.45, 7) is 0. The third kappa shape index (κ3) is 5.98. The van der Waals surface area contributed by atoms with E-state index in [9.17, 15) is 0 Å². The van der Waals surface area contributed by atoms with Gasteiger partial charge in [-0.05, 0) is 105 Å². The fourth-order valence-corrected chi connectivity index (χ4v) is 9.13. The highest BCUT2D eigenvalue weighted by atomic mass is 16.3. The Morgan fingerprint density at radius 3 is 1.49 bits per heavy atom. The van der Waals surface area contributed by atoms with E-state index >= 15 is 0 Å². The Bertz CT molecular complexity index is 3560. The largest absolute Gasteiger partial charge is 0.456 e. The zero-order chi connectivity index (χ0) is 40.3. The molecule has 0 aliphatic heterocycles. The first-order chi connectivity index (χ1) is 30.2. The molecule has 61 heavy (non-hydrogen) atoms. The first-order valence-corrected chi connectivity index (χ1v) is 20.7. The van der Waals surface area contributed by atoms with Crippen molar-refractivity contribution in [2.75, 3.05) is 4.90 Å². The highest BCUT2D eigenvalue weighted by Crippen LogP contribution is 2.45. The number of rotatable bonds is 7. The lowest BCUT2D eigenvalue weighted by Crippen LogP contribution is -2.09. The summed E-state index contributed by atoms with van der Waals surface area (Å²) in [7, 11) is 0. The third-order valence-corrected chi connectivity index (χ3v) is 12.1. The number of hydrogen-bond acceptors (Lipinski definition) is 3. The van der Waals surface area contributed by atoms with Gasteiger partial charge >= 0.3 is 0 Å². The zero-order valence-electron chi connectivity index (χ0n) is 33.1. The maximum absolute atomic E-state index is 6.62. The fourth-order valence-electron chi connectivity index (χ4n) is 9.13. The van der Waals surface area contributed by atoms with Crippen LogP contribution in [-0.2, 0) is 0 Å². The van der Waals surface area contributed by atoms with Crippen molar-refractivity contribution in [3.63, 3.8) is 0 Å². The predicted molar refractivity (Wildman–Crippen MR) is 255 cm³/mol. The topological polar surface area (TPSA) is 29.5 Å². The normalized spacial score (nSPS) is 11.6. The molecule has 0 aliphatic carbocycles. The van der Waals surface area contributed by atoms with Gasteiger partial charge in [0.15, 0.2) is 0 Å². The summed E-state index contributed by atoms with van der Waals surface area (Å²) in [6, 6.07) is 80.0. The number of hydrogen-bond donors (Lipinski definition) is 0. The highest BCUT2D eigenvalue weighted by Gasteiger charge is 2.20. The summed E-state index contributed by atoms with van der Waals surface area (Å²) in [4.78, 5) is 2.34. The molecule has 0 saturated heterocycles. The summed E-state index contributed by atoms with van der Waals surface area (Å²) >= 11 is 0. The van der Waals surface area contributed by atoms with E-state index in [4.69, 9.17) is 8.83 Å². The van der Waals surface area contributed by atoms with Gasteiger partial charge in [-0.1, -0.05) is 164 Å². The number of furan rings is 2. The van der Waals surface area contributed by atoms with Gasteiger partial charge in [-0.25, -0.2) is 0 Å². The van der Waals surface area contributed by atoms with Crippen molar-refractivity contribution in [3.05, 3.63) is 224 Å². The second kappa shape index (κ2) is 14.3. The predicted octanol–water partition coefficient (Wildman–Crippen LogP) is 16.8. The first-order valence-electron chi connectivity index (χ1n) is 20.7. The van der Waals surface area contributed by atoms with Crippen molar-refractivity contribution in [1.82, 2.24) is 0 Å². The summed E-state index contributed by atoms with van der Waals surface area (Å²) in [5.41, 5.74) is 16.0. The van der Waals surface area contributed by atoms with Crippen LogP contribution < -0.4 is 4.90 Å². The molecule has 0 atom stereocenters. The van der Waals surface area contributed by atoms with E-state index in [1.54, 1.807) is 0 Å². The molecular formula is C58H37NO2. The quantitative estimate of drug-likeness (QED) is 0.161. The van der Waals surface area contributed by atoms with Crippen LogP contribution >= 0.6 is 0 Å². The summed E-state index contributed by atoms with van der Waals surface area (Å²) in [5.74, 6) is 0. The molecule has 0 fully saturated rings. The molecule has 3 nitrogen and oxygen atoms in total. The Labute approximate surface area is 353 Å². The van der Waals surface area contributed by atoms with Gasteiger partial charge in [-0.15, -0.1) is 0 Å². The van der Waals surface area contributed by atoms with Crippen LogP contribution in [0.4, 0.5) is 17.1 Å². The van der Waals surface area contributed by atoms with Crippen molar-refractivity contribution in [1.29, 1.82) is 0 Å². The molecule has 0 bridgehead atoms. The van der Waals surface area contributed by atoms with Gasteiger partial charge in [0.25, 0.3) is 0 Å². The second-order valence-electron chi connectivity index (χ2n) is 15.6. The number of fused-ring (bicyclic) bond motifs is 7. The van der Waals surface area contributed by atoms with E-state index in [0.717, 1.165) is 88.8 Å². The van der Waals surface area contributed by atoms with Gasteiger partial charge in [0, 0.05) is 49.7 Å². The smallest absolute Gasteiger partial charge is 0.143 e. The standard InChI is InChI=1S/C58H37NO2/c1-2-11-38(12-3-1)39-21-29-44(30-22-39)59(45-31-23-40(24-32-45)43-28-36-56-53(37-43)50-16-7-8-19-54(50)60-56)46-33-25-42(26-34-46)48-35-27-41-13-4-5-14-47(41)57(48)52-18-10-17-51-49-15-6-9-20-55(49)61-58(51)52/h1-37H. The van der Waals surface area contributed by atoms with E-state index < -0.39 is 0 Å². The molecule has 0 spiro atoms. The third-order valence-electron chi connectivity index (χ3n) is 12.1. The molecular weight excluding hydrogens is 743 g/mol. The molecule has 2 aromatic heterocycles. The van der Waals surface area contributed by atoms with Crippen molar-refractivity contribution in [3.8, 4) is 44.5 Å². The Balaban J connectivity index is 0.964. The van der Waals surface area contributed by atoms with E-state index in [-0.39, 0.29) is 0 Å². The minimum Gasteiger partial charge on any atom is -0.456 e. The van der Waals surface area contributed by atoms with Crippen LogP contribution in [0.5, 0.6) is 0 Å². The van der Waals surface area contributed by atoms with Crippen LogP contribution in [-0.4, -0.2) is 0 Å². The van der Waals surface area contributed by atoms with Crippen molar-refractivity contribution >= 4 is 71.7 Å². The van der Waals surface area contributed by atoms with E-state index in [1.807, 2.05) is 18.2 Å². The van der Waals surface area contributed by atoms with Crippen LogP contribution in [0.15, 0.2) is 233 Å².